The molecule has 1 aliphatic heterocycles. The first-order chi connectivity index (χ1) is 29.8. The molecule has 1 aliphatic carbocycles. The predicted molar refractivity (Wildman–Crippen MR) is 250 cm³/mol. The van der Waals surface area contributed by atoms with Crippen LogP contribution in [0.2, 0.25) is 0 Å². The van der Waals surface area contributed by atoms with Crippen molar-refractivity contribution in [1.82, 2.24) is 4.58 Å². The molecule has 0 bridgehead atoms. The zero-order chi connectivity index (χ0) is 46.0. The largest absolute Gasteiger partial charge is 1.00 e. The molecule has 5 rings (SSSR count). The van der Waals surface area contributed by atoms with Crippen molar-refractivity contribution in [3.63, 3.8) is 0 Å². The number of unbranched alkanes of at least 4 members (excludes halogenated alkanes) is 6. The van der Waals surface area contributed by atoms with Gasteiger partial charge in [-0.2, -0.15) is 16.8 Å². The van der Waals surface area contributed by atoms with Gasteiger partial charge in [0.05, 0.1) is 23.0 Å². The third-order valence-corrected chi connectivity index (χ3v) is 12.5. The van der Waals surface area contributed by atoms with Crippen molar-refractivity contribution in [3.05, 3.63) is 97.7 Å². The van der Waals surface area contributed by atoms with Crippen LogP contribution in [0.15, 0.2) is 77.5 Å². The Kier molecular flexibility index (Phi) is 19.3. The molecule has 0 unspecified atom stereocenters. The van der Waals surface area contributed by atoms with Gasteiger partial charge in [-0.1, -0.05) is 91.4 Å². The Morgan fingerprint density at radius 2 is 1.33 bits per heavy atom. The van der Waals surface area contributed by atoms with Crippen molar-refractivity contribution >= 4 is 60.0 Å². The third-order valence-electron chi connectivity index (χ3n) is 10.9. The van der Waals surface area contributed by atoms with E-state index in [0.717, 1.165) is 62.9 Å². The summed E-state index contributed by atoms with van der Waals surface area (Å²) in [4.78, 5) is 29.1. The fraction of sp³-hybridized carbons (Fsp3) is 0.468. The molecule has 3 N–H and O–H groups in total. The topological polar surface area (TPSA) is 209 Å². The van der Waals surface area contributed by atoms with E-state index in [9.17, 15) is 40.6 Å². The molecule has 0 fully saturated rings. The van der Waals surface area contributed by atoms with Crippen LogP contribution in [0.3, 0.4) is 0 Å². The molecule has 342 valence electrons. The minimum atomic E-state index is -4.22. The number of benzene rings is 2. The summed E-state index contributed by atoms with van der Waals surface area (Å²) in [5.74, 6) is -0.423. The van der Waals surface area contributed by atoms with E-state index in [1.807, 2.05) is 32.9 Å². The standard InChI is InChI=1S/C47H60N2O12S2.Na/c1-6-8-10-14-24-48(25-15-11-9-7-2)35-21-23-37-40(32-35)60-46(52)42-43(50)38(45(51)61-44(37)42)19-13-12-18-33-30-41(47(3,4)5)59-39-31-34(20-22-36(33)39)49(26-16-28-62(53,54)55)27-17-29-63(56,57)58;/h12-13,18-23,30-32H,6-11,14-17,24-29H2,1-5H3,(H2,53,54,55,56,57,58);/q;+1/p+1. The Labute approximate surface area is 397 Å². The summed E-state index contributed by atoms with van der Waals surface area (Å²) in [5, 5.41) is 12.1. The molecular weight excluding hydrogens is 872 g/mol. The Morgan fingerprint density at radius 3 is 1.91 bits per heavy atom. The number of nitrogens with zero attached hydrogens (tertiary/aromatic N) is 2. The molecule has 14 nitrogen and oxygen atoms in total. The van der Waals surface area contributed by atoms with Crippen LogP contribution in [0.4, 0.5) is 5.69 Å². The Hall–Kier alpha value is -4.03. The summed E-state index contributed by atoms with van der Waals surface area (Å²) in [6, 6.07) is 12.7. The van der Waals surface area contributed by atoms with Crippen molar-refractivity contribution in [3.8, 4) is 17.1 Å². The van der Waals surface area contributed by atoms with Gasteiger partial charge in [0.1, 0.15) is 46.9 Å². The van der Waals surface area contributed by atoms with Gasteiger partial charge in [0.25, 0.3) is 20.2 Å². The number of aromatic hydroxyl groups is 1. The van der Waals surface area contributed by atoms with Crippen molar-refractivity contribution in [2.75, 3.05) is 42.6 Å². The fourth-order valence-electron chi connectivity index (χ4n) is 7.48. The van der Waals surface area contributed by atoms with Crippen LogP contribution in [0.1, 0.15) is 116 Å². The van der Waals surface area contributed by atoms with E-state index < -0.39 is 54.2 Å². The van der Waals surface area contributed by atoms with Crippen molar-refractivity contribution in [2.45, 2.75) is 104 Å². The normalized spacial score (nSPS) is 12.5. The monoisotopic (exact) mass is 932 g/mol. The van der Waals surface area contributed by atoms with E-state index in [0.29, 0.717) is 27.8 Å². The summed E-state index contributed by atoms with van der Waals surface area (Å²) in [5.41, 5.74) is 0.235. The molecule has 0 spiro atoms. The number of rotatable bonds is 22. The zero-order valence-corrected chi connectivity index (χ0v) is 41.5. The first-order valence-corrected chi connectivity index (χ1v) is 24.9. The predicted octanol–water partition coefficient (Wildman–Crippen LogP) is 5.63. The number of allylic oxidation sites excluding steroid dienone is 2. The quantitative estimate of drug-likeness (QED) is 0.0147. The molecule has 3 aromatic rings. The molecule has 0 saturated carbocycles. The molecule has 0 radical (unpaired) electrons. The molecule has 3 heterocycles. The van der Waals surface area contributed by atoms with E-state index >= 15 is 0 Å². The molecule has 17 heteroatoms. The minimum Gasteiger partial charge on any atom is -0.506 e. The smallest absolute Gasteiger partial charge is 0.506 e. The van der Waals surface area contributed by atoms with Crippen LogP contribution in [0.25, 0.3) is 45.4 Å². The molecular formula is C47H61N2NaO12S2+2. The Morgan fingerprint density at radius 1 is 0.719 bits per heavy atom. The van der Waals surface area contributed by atoms with Gasteiger partial charge in [-0.25, -0.2) is 14.2 Å². The van der Waals surface area contributed by atoms with Gasteiger partial charge < -0.3 is 23.3 Å². The average molecular weight is 933 g/mol. The van der Waals surface area contributed by atoms with E-state index in [2.05, 4.69) is 18.7 Å². The molecule has 64 heavy (non-hydrogen) atoms. The maximum Gasteiger partial charge on any atom is 1.00 e. The van der Waals surface area contributed by atoms with Crippen LogP contribution >= 0.6 is 0 Å². The minimum absolute atomic E-state index is 0. The second-order valence-corrected chi connectivity index (χ2v) is 20.2. The third kappa shape index (κ3) is 14.7. The number of fused-ring (bicyclic) bond motifs is 4. The molecule has 2 aliphatic rings. The summed E-state index contributed by atoms with van der Waals surface area (Å²) >= 11 is 0. The molecule has 0 amide bonds. The molecule has 1 aromatic carbocycles. The number of hydrogen-bond acceptors (Lipinski definition) is 11. The van der Waals surface area contributed by atoms with E-state index in [1.165, 1.54) is 25.0 Å². The molecule has 0 saturated heterocycles. The maximum atomic E-state index is 13.4. The van der Waals surface area contributed by atoms with Crippen LogP contribution in [0, 0.1) is 0 Å². The summed E-state index contributed by atoms with van der Waals surface area (Å²) in [6.07, 6.45) is 15.4. The van der Waals surface area contributed by atoms with Gasteiger partial charge in [-0.3, -0.25) is 9.11 Å². The Bertz CT molecular complexity index is 2780. The van der Waals surface area contributed by atoms with E-state index in [1.54, 1.807) is 47.1 Å². The first kappa shape index (κ1) is 52.6. The fourth-order valence-corrected chi connectivity index (χ4v) is 8.47. The molecule has 2 aromatic heterocycles. The first-order valence-electron chi connectivity index (χ1n) is 21.7. The van der Waals surface area contributed by atoms with Crippen molar-refractivity contribution in [1.29, 1.82) is 0 Å². The van der Waals surface area contributed by atoms with E-state index in [4.69, 9.17) is 13.3 Å². The maximum absolute atomic E-state index is 13.4. The van der Waals surface area contributed by atoms with Crippen molar-refractivity contribution < 1.29 is 73.9 Å². The van der Waals surface area contributed by atoms with Crippen LogP contribution in [0.5, 0.6) is 5.75 Å². The number of hydrogen-bond donors (Lipinski definition) is 3. The zero-order valence-electron chi connectivity index (χ0n) is 37.9. The van der Waals surface area contributed by atoms with Gasteiger partial charge in [0.15, 0.2) is 5.58 Å². The van der Waals surface area contributed by atoms with Gasteiger partial charge >= 0.3 is 40.8 Å². The van der Waals surface area contributed by atoms with Gasteiger partial charge in [-0.05, 0) is 48.7 Å². The second kappa shape index (κ2) is 23.4. The molecule has 0 atom stereocenters. The second-order valence-electron chi connectivity index (χ2n) is 17.0. The van der Waals surface area contributed by atoms with Crippen LogP contribution < -0.4 is 55.6 Å². The van der Waals surface area contributed by atoms with Crippen molar-refractivity contribution in [2.24, 2.45) is 0 Å². The van der Waals surface area contributed by atoms with Crippen LogP contribution in [-0.2, 0) is 25.7 Å². The SMILES string of the molecule is CCCCCCN(CCCCCC)c1ccc2c(c1)oc(=O)c1c(O)c(C=CC=Cc3cc(C(C)(C)C)oc4cc(=[N+](CCCS(=O)(=O)O)CCCS(=O)(=O)O)ccc3-4)c(=O)oc12.[Na+]. The van der Waals surface area contributed by atoms with E-state index in [-0.39, 0.29) is 77.6 Å². The summed E-state index contributed by atoms with van der Waals surface area (Å²) in [6.45, 7) is 12.4. The van der Waals surface area contributed by atoms with Gasteiger partial charge in [0.2, 0.25) is 5.36 Å². The van der Waals surface area contributed by atoms with Gasteiger partial charge in [-0.15, -0.1) is 0 Å². The van der Waals surface area contributed by atoms with Crippen LogP contribution in [-0.4, -0.2) is 68.7 Å². The average Bonchev–Trinajstić information content (AvgIpc) is 3.20. The Balaban J connectivity index is 0.00000898. The summed E-state index contributed by atoms with van der Waals surface area (Å²) < 4.78 is 83.8. The number of anilines is 1. The summed E-state index contributed by atoms with van der Waals surface area (Å²) in [7, 11) is -8.45. The van der Waals surface area contributed by atoms with Gasteiger partial charge in [0, 0.05) is 54.7 Å².